The highest BCUT2D eigenvalue weighted by Crippen LogP contribution is 2.32. The van der Waals surface area contributed by atoms with Crippen molar-refractivity contribution >= 4 is 6.09 Å². The van der Waals surface area contributed by atoms with Crippen LogP contribution in [0.4, 0.5) is 18.0 Å². The molecule has 18 heavy (non-hydrogen) atoms. The number of carboxylic acid groups (broad SMARTS) is 1. The Hall–Kier alpha value is -1.80. The van der Waals surface area contributed by atoms with E-state index in [1.54, 1.807) is 20.8 Å². The van der Waals surface area contributed by atoms with Crippen LogP contribution in [0, 0.1) is 5.41 Å². The quantitative estimate of drug-likeness (QED) is 0.765. The van der Waals surface area contributed by atoms with Gasteiger partial charge in [-0.1, -0.05) is 20.8 Å². The predicted octanol–water partition coefficient (Wildman–Crippen LogP) is 2.18. The van der Waals surface area contributed by atoms with Crippen molar-refractivity contribution in [3.63, 3.8) is 0 Å². The Kier molecular flexibility index (Phi) is 3.54. The normalized spacial score (nSPS) is 14.3. The molecule has 6 nitrogen and oxygen atoms in total. The second-order valence-corrected chi connectivity index (χ2v) is 4.79. The molecule has 0 aromatic carbocycles. The van der Waals surface area contributed by atoms with Crippen molar-refractivity contribution in [3.8, 4) is 0 Å². The van der Waals surface area contributed by atoms with Crippen LogP contribution in [0.25, 0.3) is 0 Å². The molecule has 0 saturated carbocycles. The second kappa shape index (κ2) is 4.46. The summed E-state index contributed by atoms with van der Waals surface area (Å²) < 4.78 is 37.0. The van der Waals surface area contributed by atoms with Crippen molar-refractivity contribution in [1.29, 1.82) is 0 Å². The molecule has 1 atom stereocenters. The molecule has 9 heteroatoms. The van der Waals surface area contributed by atoms with E-state index in [1.165, 1.54) is 0 Å². The van der Waals surface area contributed by atoms with Crippen molar-refractivity contribution in [2.24, 2.45) is 5.41 Å². The Bertz CT molecular complexity index is 436. The number of hydrogen-bond acceptors (Lipinski definition) is 3. The lowest BCUT2D eigenvalue weighted by Gasteiger charge is -2.28. The molecular weight excluding hydrogens is 253 g/mol. The summed E-state index contributed by atoms with van der Waals surface area (Å²) in [6.07, 6.45) is -6.01. The van der Waals surface area contributed by atoms with Crippen LogP contribution >= 0.6 is 0 Å². The molecule has 0 aliphatic heterocycles. The zero-order valence-corrected chi connectivity index (χ0v) is 9.96. The summed E-state index contributed by atoms with van der Waals surface area (Å²) in [5, 5.41) is 15.9. The van der Waals surface area contributed by atoms with Gasteiger partial charge in [-0.15, -0.1) is 5.10 Å². The molecular formula is C9H13F3N4O2. The van der Waals surface area contributed by atoms with Gasteiger partial charge in [0.25, 0.3) is 5.82 Å². The summed E-state index contributed by atoms with van der Waals surface area (Å²) >= 11 is 0. The number of halogens is 3. The molecule has 1 aromatic rings. The largest absolute Gasteiger partial charge is 0.465 e. The Labute approximate surface area is 101 Å². The first-order valence-electron chi connectivity index (χ1n) is 5.01. The lowest BCUT2D eigenvalue weighted by Crippen LogP contribution is -2.36. The Morgan fingerprint density at radius 2 is 1.94 bits per heavy atom. The van der Waals surface area contributed by atoms with Gasteiger partial charge in [0.1, 0.15) is 5.82 Å². The fourth-order valence-electron chi connectivity index (χ4n) is 1.35. The number of rotatable bonds is 2. The molecule has 1 heterocycles. The molecule has 0 spiro atoms. The van der Waals surface area contributed by atoms with Gasteiger partial charge in [-0.3, -0.25) is 5.10 Å². The van der Waals surface area contributed by atoms with Gasteiger partial charge >= 0.3 is 12.3 Å². The van der Waals surface area contributed by atoms with Gasteiger partial charge in [0.15, 0.2) is 0 Å². The summed E-state index contributed by atoms with van der Waals surface area (Å²) in [4.78, 5) is 13.9. The van der Waals surface area contributed by atoms with Crippen LogP contribution < -0.4 is 5.32 Å². The van der Waals surface area contributed by atoms with Crippen LogP contribution in [0.5, 0.6) is 0 Å². The minimum absolute atomic E-state index is 0.169. The first kappa shape index (κ1) is 14.3. The zero-order chi connectivity index (χ0) is 14.1. The highest BCUT2D eigenvalue weighted by atomic mass is 19.4. The minimum Gasteiger partial charge on any atom is -0.465 e. The fourth-order valence-corrected chi connectivity index (χ4v) is 1.35. The van der Waals surface area contributed by atoms with Crippen molar-refractivity contribution in [2.75, 3.05) is 0 Å². The highest BCUT2D eigenvalue weighted by molar-refractivity contribution is 5.65. The molecule has 1 amide bonds. The van der Waals surface area contributed by atoms with Crippen LogP contribution in [0.2, 0.25) is 0 Å². The first-order valence-corrected chi connectivity index (χ1v) is 5.01. The topological polar surface area (TPSA) is 90.9 Å². The van der Waals surface area contributed by atoms with Gasteiger partial charge in [-0.25, -0.2) is 9.78 Å². The summed E-state index contributed by atoms with van der Waals surface area (Å²) in [6.45, 7) is 5.01. The summed E-state index contributed by atoms with van der Waals surface area (Å²) in [5.41, 5.74) is -0.652. The van der Waals surface area contributed by atoms with E-state index in [1.807, 2.05) is 0 Å². The average Bonchev–Trinajstić information content (AvgIpc) is 2.59. The summed E-state index contributed by atoms with van der Waals surface area (Å²) in [7, 11) is 0. The fraction of sp³-hybridized carbons (Fsp3) is 0.667. The van der Waals surface area contributed by atoms with Gasteiger partial charge in [0, 0.05) is 0 Å². The van der Waals surface area contributed by atoms with Crippen LogP contribution in [0.3, 0.4) is 0 Å². The van der Waals surface area contributed by atoms with Gasteiger partial charge in [0.05, 0.1) is 6.04 Å². The number of carbonyl (C=O) groups is 1. The second-order valence-electron chi connectivity index (χ2n) is 4.79. The lowest BCUT2D eigenvalue weighted by molar-refractivity contribution is -0.144. The highest BCUT2D eigenvalue weighted by Gasteiger charge is 2.38. The smallest absolute Gasteiger partial charge is 0.453 e. The van der Waals surface area contributed by atoms with E-state index in [0.717, 1.165) is 0 Å². The zero-order valence-electron chi connectivity index (χ0n) is 9.96. The van der Waals surface area contributed by atoms with Crippen molar-refractivity contribution in [3.05, 3.63) is 11.6 Å². The molecule has 0 saturated heterocycles. The average molecular weight is 266 g/mol. The van der Waals surface area contributed by atoms with Crippen LogP contribution in [-0.2, 0) is 6.18 Å². The monoisotopic (exact) mass is 266 g/mol. The number of amides is 1. The van der Waals surface area contributed by atoms with E-state index in [4.69, 9.17) is 5.11 Å². The maximum Gasteiger partial charge on any atom is 0.453 e. The number of alkyl halides is 3. The number of H-pyrrole nitrogens is 1. The lowest BCUT2D eigenvalue weighted by atomic mass is 9.86. The first-order chi connectivity index (χ1) is 8.01. The van der Waals surface area contributed by atoms with E-state index in [9.17, 15) is 18.0 Å². The molecule has 0 radical (unpaired) electrons. The molecule has 1 unspecified atom stereocenters. The van der Waals surface area contributed by atoms with Crippen LogP contribution in [-0.4, -0.2) is 26.4 Å². The third-order valence-electron chi connectivity index (χ3n) is 2.16. The standard InChI is InChI=1S/C9H13F3N4O2/c1-8(2,3)4(13-7(17)18)5-14-6(16-15-5)9(10,11)12/h4,13H,1-3H3,(H,17,18)(H,14,15,16). The van der Waals surface area contributed by atoms with E-state index < -0.39 is 29.6 Å². The molecule has 3 N–H and O–H groups in total. The number of hydrogen-bond donors (Lipinski definition) is 3. The third-order valence-corrected chi connectivity index (χ3v) is 2.16. The van der Waals surface area contributed by atoms with Gasteiger partial charge in [-0.05, 0) is 5.41 Å². The molecule has 102 valence electrons. The van der Waals surface area contributed by atoms with Crippen LogP contribution in [0.15, 0.2) is 0 Å². The predicted molar refractivity (Wildman–Crippen MR) is 54.7 cm³/mol. The Morgan fingerprint density at radius 3 is 2.28 bits per heavy atom. The molecule has 0 aliphatic carbocycles. The van der Waals surface area contributed by atoms with E-state index in [2.05, 4.69) is 20.5 Å². The molecule has 0 fully saturated rings. The number of nitrogens with zero attached hydrogens (tertiary/aromatic N) is 2. The summed E-state index contributed by atoms with van der Waals surface area (Å²) in [5.74, 6) is -1.49. The van der Waals surface area contributed by atoms with E-state index in [0.29, 0.717) is 0 Å². The molecule has 0 aliphatic rings. The van der Waals surface area contributed by atoms with Crippen molar-refractivity contribution < 1.29 is 23.1 Å². The van der Waals surface area contributed by atoms with Gasteiger partial charge in [-0.2, -0.15) is 13.2 Å². The van der Waals surface area contributed by atoms with Crippen molar-refractivity contribution in [1.82, 2.24) is 20.5 Å². The Balaban J connectivity index is 3.07. The third kappa shape index (κ3) is 3.34. The maximum atomic E-state index is 12.3. The van der Waals surface area contributed by atoms with Crippen molar-refractivity contribution in [2.45, 2.75) is 33.0 Å². The van der Waals surface area contributed by atoms with E-state index in [-0.39, 0.29) is 5.82 Å². The number of aromatic amines is 1. The Morgan fingerprint density at radius 1 is 1.39 bits per heavy atom. The summed E-state index contributed by atoms with van der Waals surface area (Å²) in [6, 6.07) is -0.918. The SMILES string of the molecule is CC(C)(C)C(NC(=O)O)c1nc(C(F)(F)F)n[nH]1. The van der Waals surface area contributed by atoms with Crippen LogP contribution in [0.1, 0.15) is 38.5 Å². The number of aromatic nitrogens is 3. The number of nitrogens with one attached hydrogen (secondary N) is 2. The molecule has 0 bridgehead atoms. The minimum atomic E-state index is -4.67. The van der Waals surface area contributed by atoms with Gasteiger partial charge < -0.3 is 10.4 Å². The van der Waals surface area contributed by atoms with Gasteiger partial charge in [0.2, 0.25) is 0 Å². The maximum absolute atomic E-state index is 12.3. The van der Waals surface area contributed by atoms with E-state index >= 15 is 0 Å². The molecule has 1 rings (SSSR count). The molecule has 1 aromatic heterocycles.